The Bertz CT molecular complexity index is 688. The first-order valence-corrected chi connectivity index (χ1v) is 8.56. The molecule has 1 fully saturated rings. The number of ketones is 1. The van der Waals surface area contributed by atoms with E-state index in [-0.39, 0.29) is 5.78 Å². The average molecular weight is 327 g/mol. The van der Waals surface area contributed by atoms with Crippen molar-refractivity contribution in [3.05, 3.63) is 52.8 Å². The maximum Gasteiger partial charge on any atom is 0.167 e. The summed E-state index contributed by atoms with van der Waals surface area (Å²) in [5, 5.41) is 4.58. The third-order valence-electron chi connectivity index (χ3n) is 4.59. The number of benzene rings is 1. The quantitative estimate of drug-likeness (QED) is 0.765. The molecule has 1 aromatic heterocycles. The smallest absolute Gasteiger partial charge is 0.167 e. The molecule has 128 valence electrons. The van der Waals surface area contributed by atoms with E-state index in [1.54, 1.807) is 0 Å². The summed E-state index contributed by atoms with van der Waals surface area (Å²) in [6.45, 7) is 8.77. The van der Waals surface area contributed by atoms with E-state index in [9.17, 15) is 4.79 Å². The Morgan fingerprint density at radius 2 is 1.88 bits per heavy atom. The van der Waals surface area contributed by atoms with Gasteiger partial charge in [0.15, 0.2) is 5.78 Å². The fourth-order valence-corrected chi connectivity index (χ4v) is 3.22. The van der Waals surface area contributed by atoms with Crippen LogP contribution in [0, 0.1) is 13.8 Å². The lowest BCUT2D eigenvalue weighted by Crippen LogP contribution is -2.37. The lowest BCUT2D eigenvalue weighted by molar-refractivity contribution is 0.0370. The molecule has 5 nitrogen and oxygen atoms in total. The summed E-state index contributed by atoms with van der Waals surface area (Å²) in [5.41, 5.74) is 3.77. The molecule has 1 saturated heterocycles. The van der Waals surface area contributed by atoms with Crippen LogP contribution in [0.25, 0.3) is 0 Å². The first-order chi connectivity index (χ1) is 11.6. The van der Waals surface area contributed by atoms with Gasteiger partial charge in [-0.15, -0.1) is 0 Å². The monoisotopic (exact) mass is 327 g/mol. The van der Waals surface area contributed by atoms with Gasteiger partial charge in [0.1, 0.15) is 0 Å². The molecule has 0 unspecified atom stereocenters. The number of nitrogens with zero attached hydrogens (tertiary/aromatic N) is 3. The summed E-state index contributed by atoms with van der Waals surface area (Å²) in [5.74, 6) is 0.191. The van der Waals surface area contributed by atoms with Crippen LogP contribution in [-0.4, -0.2) is 53.3 Å². The second kappa shape index (κ2) is 7.73. The van der Waals surface area contributed by atoms with Crippen LogP contribution in [0.15, 0.2) is 30.3 Å². The number of hydrogen-bond acceptors (Lipinski definition) is 4. The Morgan fingerprint density at radius 3 is 2.58 bits per heavy atom. The maximum atomic E-state index is 12.7. The third-order valence-corrected chi connectivity index (χ3v) is 4.59. The number of rotatable bonds is 6. The molecule has 0 bridgehead atoms. The van der Waals surface area contributed by atoms with Crippen LogP contribution in [0.4, 0.5) is 0 Å². The lowest BCUT2D eigenvalue weighted by atomic mass is 10.1. The Balaban J connectivity index is 1.67. The number of aromatic nitrogens is 2. The maximum absolute atomic E-state index is 12.7. The molecule has 0 spiro atoms. The largest absolute Gasteiger partial charge is 0.379 e. The topological polar surface area (TPSA) is 47.4 Å². The SMILES string of the molecule is Cc1nn(Cc2ccccc2)c(C)c1C(=O)CCN1CCOCC1. The van der Waals surface area contributed by atoms with Gasteiger partial charge in [-0.25, -0.2) is 0 Å². The molecule has 0 atom stereocenters. The molecule has 5 heteroatoms. The summed E-state index contributed by atoms with van der Waals surface area (Å²) in [4.78, 5) is 15.0. The van der Waals surface area contributed by atoms with Crippen LogP contribution >= 0.6 is 0 Å². The van der Waals surface area contributed by atoms with Gasteiger partial charge < -0.3 is 4.74 Å². The van der Waals surface area contributed by atoms with Crippen molar-refractivity contribution in [1.82, 2.24) is 14.7 Å². The third kappa shape index (κ3) is 3.91. The van der Waals surface area contributed by atoms with E-state index in [1.165, 1.54) is 5.56 Å². The molecule has 24 heavy (non-hydrogen) atoms. The van der Waals surface area contributed by atoms with Crippen molar-refractivity contribution in [2.24, 2.45) is 0 Å². The fraction of sp³-hybridized carbons (Fsp3) is 0.474. The van der Waals surface area contributed by atoms with Crippen LogP contribution in [-0.2, 0) is 11.3 Å². The normalized spacial score (nSPS) is 15.6. The molecule has 0 radical (unpaired) electrons. The number of hydrogen-bond donors (Lipinski definition) is 0. The van der Waals surface area contributed by atoms with Crippen molar-refractivity contribution in [2.45, 2.75) is 26.8 Å². The summed E-state index contributed by atoms with van der Waals surface area (Å²) in [6, 6.07) is 10.2. The van der Waals surface area contributed by atoms with Crippen LogP contribution < -0.4 is 0 Å². The van der Waals surface area contributed by atoms with Crippen LogP contribution in [0.2, 0.25) is 0 Å². The highest BCUT2D eigenvalue weighted by Gasteiger charge is 2.20. The highest BCUT2D eigenvalue weighted by Crippen LogP contribution is 2.17. The van der Waals surface area contributed by atoms with E-state index >= 15 is 0 Å². The number of carbonyl (C=O) groups is 1. The minimum absolute atomic E-state index is 0.191. The Kier molecular flexibility index (Phi) is 5.43. The van der Waals surface area contributed by atoms with Crippen molar-refractivity contribution in [3.8, 4) is 0 Å². The standard InChI is InChI=1S/C19H25N3O2/c1-15-19(18(23)8-9-21-10-12-24-13-11-21)16(2)22(20-15)14-17-6-4-3-5-7-17/h3-7H,8-14H2,1-2H3. The van der Waals surface area contributed by atoms with Gasteiger partial charge in [0.2, 0.25) is 0 Å². The van der Waals surface area contributed by atoms with Crippen molar-refractivity contribution >= 4 is 5.78 Å². The van der Waals surface area contributed by atoms with Crippen LogP contribution in [0.3, 0.4) is 0 Å². The molecule has 0 N–H and O–H groups in total. The van der Waals surface area contributed by atoms with Crippen LogP contribution in [0.1, 0.15) is 33.7 Å². The highest BCUT2D eigenvalue weighted by atomic mass is 16.5. The summed E-state index contributed by atoms with van der Waals surface area (Å²) in [6.07, 6.45) is 0.540. The first-order valence-electron chi connectivity index (χ1n) is 8.56. The summed E-state index contributed by atoms with van der Waals surface area (Å²) >= 11 is 0. The first kappa shape index (κ1) is 16.9. The number of morpholine rings is 1. The van der Waals surface area contributed by atoms with Crippen molar-refractivity contribution in [1.29, 1.82) is 0 Å². The molecule has 1 aliphatic heterocycles. The molecule has 0 saturated carbocycles. The molecule has 2 heterocycles. The minimum atomic E-state index is 0.191. The fourth-order valence-electron chi connectivity index (χ4n) is 3.22. The lowest BCUT2D eigenvalue weighted by Gasteiger charge is -2.26. The van der Waals surface area contributed by atoms with E-state index in [1.807, 2.05) is 36.7 Å². The van der Waals surface area contributed by atoms with E-state index in [0.29, 0.717) is 13.0 Å². The van der Waals surface area contributed by atoms with E-state index < -0.39 is 0 Å². The van der Waals surface area contributed by atoms with Gasteiger partial charge in [-0.3, -0.25) is 14.4 Å². The van der Waals surface area contributed by atoms with E-state index in [0.717, 1.165) is 49.8 Å². The van der Waals surface area contributed by atoms with E-state index in [4.69, 9.17) is 4.74 Å². The summed E-state index contributed by atoms with van der Waals surface area (Å²) in [7, 11) is 0. The minimum Gasteiger partial charge on any atom is -0.379 e. The van der Waals surface area contributed by atoms with Crippen molar-refractivity contribution in [2.75, 3.05) is 32.8 Å². The Morgan fingerprint density at radius 1 is 1.17 bits per heavy atom. The summed E-state index contributed by atoms with van der Waals surface area (Å²) < 4.78 is 7.29. The molecular formula is C19H25N3O2. The molecule has 1 aliphatic rings. The van der Waals surface area contributed by atoms with Crippen LogP contribution in [0.5, 0.6) is 0 Å². The molecular weight excluding hydrogens is 302 g/mol. The predicted octanol–water partition coefficient (Wildman–Crippen LogP) is 2.45. The molecule has 3 rings (SSSR count). The van der Waals surface area contributed by atoms with Crippen molar-refractivity contribution < 1.29 is 9.53 Å². The molecule has 2 aromatic rings. The highest BCUT2D eigenvalue weighted by molar-refractivity contribution is 5.98. The zero-order valence-electron chi connectivity index (χ0n) is 14.5. The number of aryl methyl sites for hydroxylation is 1. The van der Waals surface area contributed by atoms with E-state index in [2.05, 4.69) is 22.1 Å². The number of ether oxygens (including phenoxy) is 1. The number of carbonyl (C=O) groups excluding carboxylic acids is 1. The predicted molar refractivity (Wildman–Crippen MR) is 93.5 cm³/mol. The van der Waals surface area contributed by atoms with Gasteiger partial charge in [0.25, 0.3) is 0 Å². The van der Waals surface area contributed by atoms with Crippen molar-refractivity contribution in [3.63, 3.8) is 0 Å². The zero-order valence-corrected chi connectivity index (χ0v) is 14.5. The van der Waals surface area contributed by atoms with Gasteiger partial charge in [0, 0.05) is 31.7 Å². The van der Waals surface area contributed by atoms with Gasteiger partial charge in [0.05, 0.1) is 31.0 Å². The van der Waals surface area contributed by atoms with Gasteiger partial charge in [-0.05, 0) is 19.4 Å². The number of Topliss-reactive ketones (excluding diaryl/α,β-unsaturated/α-hetero) is 1. The van der Waals surface area contributed by atoms with Gasteiger partial charge >= 0.3 is 0 Å². The zero-order chi connectivity index (χ0) is 16.9. The van der Waals surface area contributed by atoms with Gasteiger partial charge in [-0.2, -0.15) is 5.10 Å². The Hall–Kier alpha value is -1.98. The Labute approximate surface area is 143 Å². The second-order valence-corrected chi connectivity index (χ2v) is 6.32. The molecule has 0 amide bonds. The molecule has 1 aromatic carbocycles. The molecule has 0 aliphatic carbocycles. The van der Waals surface area contributed by atoms with Gasteiger partial charge in [-0.1, -0.05) is 30.3 Å². The second-order valence-electron chi connectivity index (χ2n) is 6.32. The average Bonchev–Trinajstić information content (AvgIpc) is 2.88.